The zero-order valence-corrected chi connectivity index (χ0v) is 10.3. The summed E-state index contributed by atoms with van der Waals surface area (Å²) in [5.41, 5.74) is 0.956. The van der Waals surface area contributed by atoms with Gasteiger partial charge in [0.2, 0.25) is 0 Å². The third kappa shape index (κ3) is 3.36. The number of hydrogen-bond acceptors (Lipinski definition) is 1. The Morgan fingerprint density at radius 2 is 1.73 bits per heavy atom. The van der Waals surface area contributed by atoms with E-state index in [2.05, 4.69) is 0 Å². The highest BCUT2D eigenvalue weighted by molar-refractivity contribution is 6.87. The van der Waals surface area contributed by atoms with Crippen molar-refractivity contribution in [2.75, 3.05) is 0 Å². The third-order valence-corrected chi connectivity index (χ3v) is 4.12. The number of rotatable bonds is 3. The van der Waals surface area contributed by atoms with Gasteiger partial charge in [0.15, 0.2) is 0 Å². The molecule has 1 aromatic carbocycles. The first-order valence-corrected chi connectivity index (χ1v) is 8.42. The van der Waals surface area contributed by atoms with Crippen LogP contribution in [0.4, 0.5) is 0 Å². The molecule has 0 heterocycles. The Morgan fingerprint density at radius 1 is 1.20 bits per heavy atom. The smallest absolute Gasteiger partial charge is 0.327 e. The van der Waals surface area contributed by atoms with Crippen molar-refractivity contribution in [3.05, 3.63) is 41.1 Å². The summed E-state index contributed by atoms with van der Waals surface area (Å²) in [4.78, 5) is 11.1. The van der Waals surface area contributed by atoms with Crippen molar-refractivity contribution in [3.8, 4) is 0 Å². The maximum atomic E-state index is 11.1. The molecular weight excluding hydrogens is 204 g/mol. The number of hydrogen-bond donors (Lipinski definition) is 1. The van der Waals surface area contributed by atoms with E-state index in [1.807, 2.05) is 50.0 Å². The second-order valence-corrected chi connectivity index (χ2v) is 9.56. The molecule has 0 saturated carbocycles. The average Bonchev–Trinajstić information content (AvgIpc) is 2.13. The summed E-state index contributed by atoms with van der Waals surface area (Å²) >= 11 is 0. The molecule has 2 nitrogen and oxygen atoms in total. The summed E-state index contributed by atoms with van der Waals surface area (Å²) in [6, 6.07) is 9.59. The van der Waals surface area contributed by atoms with Crippen LogP contribution in [0.25, 0.3) is 6.08 Å². The van der Waals surface area contributed by atoms with Gasteiger partial charge in [0.1, 0.15) is 0 Å². The van der Waals surface area contributed by atoms with Crippen LogP contribution in [0.3, 0.4) is 0 Å². The summed E-state index contributed by atoms with van der Waals surface area (Å²) in [5.74, 6) is -0.794. The molecule has 15 heavy (non-hydrogen) atoms. The van der Waals surface area contributed by atoms with Crippen LogP contribution in [0.1, 0.15) is 5.56 Å². The van der Waals surface area contributed by atoms with Crippen LogP contribution in [-0.4, -0.2) is 19.1 Å². The Kier molecular flexibility index (Phi) is 3.47. The van der Waals surface area contributed by atoms with Crippen molar-refractivity contribution < 1.29 is 9.90 Å². The Morgan fingerprint density at radius 3 is 2.13 bits per heavy atom. The van der Waals surface area contributed by atoms with Crippen LogP contribution in [0.5, 0.6) is 0 Å². The van der Waals surface area contributed by atoms with Crippen molar-refractivity contribution in [1.82, 2.24) is 0 Å². The lowest BCUT2D eigenvalue weighted by Gasteiger charge is -2.16. The zero-order valence-electron chi connectivity index (χ0n) is 9.32. The number of benzene rings is 1. The quantitative estimate of drug-likeness (QED) is 0.628. The number of carbonyl (C=O) groups is 1. The highest BCUT2D eigenvalue weighted by Crippen LogP contribution is 2.18. The number of carboxylic acids is 1. The Bertz CT molecular complexity index is 374. The van der Waals surface area contributed by atoms with E-state index >= 15 is 0 Å². The molecule has 0 aliphatic carbocycles. The van der Waals surface area contributed by atoms with Crippen LogP contribution in [0.15, 0.2) is 35.5 Å². The van der Waals surface area contributed by atoms with E-state index in [4.69, 9.17) is 5.11 Å². The van der Waals surface area contributed by atoms with Crippen LogP contribution in [0.2, 0.25) is 19.6 Å². The van der Waals surface area contributed by atoms with Gasteiger partial charge in [-0.2, -0.15) is 0 Å². The number of carboxylic acid groups (broad SMARTS) is 1. The minimum absolute atomic E-state index is 0.564. The molecule has 0 unspecified atom stereocenters. The predicted molar refractivity (Wildman–Crippen MR) is 65.4 cm³/mol. The fraction of sp³-hybridized carbons (Fsp3) is 0.250. The first-order chi connectivity index (χ1) is 6.91. The van der Waals surface area contributed by atoms with Gasteiger partial charge in [-0.1, -0.05) is 50.0 Å². The molecule has 0 atom stereocenters. The molecule has 0 spiro atoms. The highest BCUT2D eigenvalue weighted by Gasteiger charge is 2.25. The molecule has 3 heteroatoms. The van der Waals surface area contributed by atoms with Crippen LogP contribution in [0, 0.1) is 0 Å². The van der Waals surface area contributed by atoms with E-state index in [0.717, 1.165) is 5.56 Å². The van der Waals surface area contributed by atoms with E-state index in [0.29, 0.717) is 5.20 Å². The Labute approximate surface area is 91.3 Å². The second kappa shape index (κ2) is 4.44. The summed E-state index contributed by atoms with van der Waals surface area (Å²) in [6.07, 6.45) is 1.79. The van der Waals surface area contributed by atoms with Gasteiger partial charge in [-0.05, 0) is 11.6 Å². The lowest BCUT2D eigenvalue weighted by molar-refractivity contribution is -0.131. The molecule has 0 aliphatic heterocycles. The van der Waals surface area contributed by atoms with E-state index in [1.165, 1.54) is 0 Å². The molecule has 0 aliphatic rings. The first kappa shape index (κ1) is 11.7. The monoisotopic (exact) mass is 220 g/mol. The molecule has 80 valence electrons. The lowest BCUT2D eigenvalue weighted by atomic mass is 10.2. The minimum Gasteiger partial charge on any atom is -0.478 e. The molecule has 0 fully saturated rings. The SMILES string of the molecule is C[Si](C)(C)/C(=C/c1ccccc1)C(=O)O. The van der Waals surface area contributed by atoms with Gasteiger partial charge in [-0.25, -0.2) is 4.79 Å². The van der Waals surface area contributed by atoms with Crippen LogP contribution in [-0.2, 0) is 4.79 Å². The van der Waals surface area contributed by atoms with E-state index in [-0.39, 0.29) is 0 Å². The third-order valence-electron chi connectivity index (χ3n) is 2.15. The molecule has 0 bridgehead atoms. The predicted octanol–water partition coefficient (Wildman–Crippen LogP) is 3.03. The largest absolute Gasteiger partial charge is 0.478 e. The van der Waals surface area contributed by atoms with Crippen molar-refractivity contribution >= 4 is 20.1 Å². The van der Waals surface area contributed by atoms with Crippen LogP contribution < -0.4 is 0 Å². The zero-order chi connectivity index (χ0) is 11.5. The molecule has 1 aromatic rings. The van der Waals surface area contributed by atoms with E-state index in [1.54, 1.807) is 6.08 Å². The highest BCUT2D eigenvalue weighted by atomic mass is 28.3. The summed E-state index contributed by atoms with van der Waals surface area (Å²) in [6.45, 7) is 6.11. The summed E-state index contributed by atoms with van der Waals surface area (Å²) in [7, 11) is -1.77. The molecule has 1 N–H and O–H groups in total. The van der Waals surface area contributed by atoms with Gasteiger partial charge in [-0.3, -0.25) is 0 Å². The average molecular weight is 220 g/mol. The molecule has 0 saturated heterocycles. The standard InChI is InChI=1S/C12H16O2Si/c1-15(2,3)11(12(13)14)9-10-7-5-4-6-8-10/h4-9H,1-3H3,(H,13,14)/b11-9+. The first-order valence-electron chi connectivity index (χ1n) is 4.92. The summed E-state index contributed by atoms with van der Waals surface area (Å²) in [5, 5.41) is 9.70. The van der Waals surface area contributed by atoms with E-state index in [9.17, 15) is 4.79 Å². The van der Waals surface area contributed by atoms with Crippen molar-refractivity contribution in [1.29, 1.82) is 0 Å². The molecule has 0 radical (unpaired) electrons. The Hall–Kier alpha value is -1.35. The van der Waals surface area contributed by atoms with Gasteiger partial charge in [0, 0.05) is 5.20 Å². The fourth-order valence-corrected chi connectivity index (χ4v) is 2.56. The molecule has 0 aromatic heterocycles. The topological polar surface area (TPSA) is 37.3 Å². The van der Waals surface area contributed by atoms with Gasteiger partial charge in [0.05, 0.1) is 8.07 Å². The second-order valence-electron chi connectivity index (χ2n) is 4.52. The maximum absolute atomic E-state index is 11.1. The van der Waals surface area contributed by atoms with Gasteiger partial charge < -0.3 is 5.11 Å². The number of aliphatic carboxylic acids is 1. The van der Waals surface area contributed by atoms with E-state index < -0.39 is 14.0 Å². The van der Waals surface area contributed by atoms with Crippen molar-refractivity contribution in [2.45, 2.75) is 19.6 Å². The molecule has 0 amide bonds. The maximum Gasteiger partial charge on any atom is 0.327 e. The van der Waals surface area contributed by atoms with Crippen LogP contribution >= 0.6 is 0 Å². The Balaban J connectivity index is 3.12. The summed E-state index contributed by atoms with van der Waals surface area (Å²) < 4.78 is 0. The normalized spacial score (nSPS) is 12.6. The fourth-order valence-electron chi connectivity index (χ4n) is 1.31. The van der Waals surface area contributed by atoms with Gasteiger partial charge in [-0.15, -0.1) is 0 Å². The van der Waals surface area contributed by atoms with Crippen molar-refractivity contribution in [3.63, 3.8) is 0 Å². The van der Waals surface area contributed by atoms with Gasteiger partial charge in [0.25, 0.3) is 0 Å². The van der Waals surface area contributed by atoms with Crippen molar-refractivity contribution in [2.24, 2.45) is 0 Å². The molecule has 1 rings (SSSR count). The lowest BCUT2D eigenvalue weighted by Crippen LogP contribution is -2.29. The van der Waals surface area contributed by atoms with Gasteiger partial charge >= 0.3 is 5.97 Å². The molecular formula is C12H16O2Si. The minimum atomic E-state index is -1.77.